The highest BCUT2D eigenvalue weighted by Gasteiger charge is 2.22. The maximum Gasteiger partial charge on any atom is 0.0755 e. The number of rotatable bonds is 7. The lowest BCUT2D eigenvalue weighted by atomic mass is 9.99. The fraction of sp³-hybridized carbons (Fsp3) is 0.194. The van der Waals surface area contributed by atoms with Crippen molar-refractivity contribution >= 4 is 45.4 Å². The van der Waals surface area contributed by atoms with E-state index in [4.69, 9.17) is 19.7 Å². The molecule has 0 atom stereocenters. The van der Waals surface area contributed by atoms with Gasteiger partial charge in [-0.15, -0.1) is 0 Å². The van der Waals surface area contributed by atoms with Crippen molar-refractivity contribution in [3.63, 3.8) is 0 Å². The number of ether oxygens (including phenoxy) is 1. The van der Waals surface area contributed by atoms with Gasteiger partial charge in [0, 0.05) is 40.4 Å². The first-order valence-electron chi connectivity index (χ1n) is 12.8. The van der Waals surface area contributed by atoms with Gasteiger partial charge in [0.25, 0.3) is 0 Å². The van der Waals surface area contributed by atoms with Gasteiger partial charge in [-0.2, -0.15) is 0 Å². The molecule has 0 fully saturated rings. The number of unbranched alkanes of at least 4 members (excludes halogenated alkanes) is 1. The Labute approximate surface area is 215 Å². The van der Waals surface area contributed by atoms with Gasteiger partial charge in [0.15, 0.2) is 0 Å². The molecule has 6 rings (SSSR count). The number of aromatic nitrogens is 5. The number of nitrogens with one attached hydrogen (secondary N) is 2. The van der Waals surface area contributed by atoms with Gasteiger partial charge in [-0.3, -0.25) is 4.98 Å². The number of H-pyrrole nitrogens is 2. The van der Waals surface area contributed by atoms with E-state index in [0.717, 1.165) is 87.6 Å². The molecule has 0 radical (unpaired) electrons. The van der Waals surface area contributed by atoms with E-state index < -0.39 is 0 Å². The van der Waals surface area contributed by atoms with Crippen molar-refractivity contribution in [2.45, 2.75) is 26.2 Å². The molecule has 37 heavy (non-hydrogen) atoms. The molecule has 4 aromatic heterocycles. The Bertz CT molecular complexity index is 1640. The highest BCUT2D eigenvalue weighted by atomic mass is 16.5. The summed E-state index contributed by atoms with van der Waals surface area (Å²) in [5.74, 6) is 0. The molecule has 0 aromatic carbocycles. The summed E-state index contributed by atoms with van der Waals surface area (Å²) in [7, 11) is 0. The summed E-state index contributed by atoms with van der Waals surface area (Å²) >= 11 is 0. The molecular weight excluding hydrogens is 458 g/mol. The fourth-order valence-corrected chi connectivity index (χ4v) is 4.70. The number of pyridine rings is 1. The van der Waals surface area contributed by atoms with Crippen LogP contribution >= 0.6 is 0 Å². The van der Waals surface area contributed by atoms with Crippen molar-refractivity contribution < 1.29 is 4.74 Å². The van der Waals surface area contributed by atoms with Gasteiger partial charge in [0.1, 0.15) is 0 Å². The second-order valence-corrected chi connectivity index (χ2v) is 9.28. The maximum atomic E-state index is 5.97. The Morgan fingerprint density at radius 1 is 0.703 bits per heavy atom. The lowest BCUT2D eigenvalue weighted by molar-refractivity contribution is 0.137. The highest BCUT2D eigenvalue weighted by molar-refractivity contribution is 5.99. The maximum absolute atomic E-state index is 5.97. The molecule has 6 heterocycles. The van der Waals surface area contributed by atoms with Crippen LogP contribution in [0, 0.1) is 0 Å². The van der Waals surface area contributed by atoms with Gasteiger partial charge in [0.05, 0.1) is 35.1 Å². The lowest BCUT2D eigenvalue weighted by Gasteiger charge is -2.09. The van der Waals surface area contributed by atoms with Crippen LogP contribution in [0.3, 0.4) is 0 Å². The molecule has 184 valence electrons. The van der Waals surface area contributed by atoms with E-state index in [0.29, 0.717) is 6.61 Å². The van der Waals surface area contributed by atoms with Crippen LogP contribution in [0.1, 0.15) is 54.7 Å². The van der Waals surface area contributed by atoms with Crippen LogP contribution in [0.2, 0.25) is 0 Å². The zero-order valence-corrected chi connectivity index (χ0v) is 20.9. The smallest absolute Gasteiger partial charge is 0.0755 e. The Morgan fingerprint density at radius 3 is 2.16 bits per heavy atom. The Balaban J connectivity index is 1.57. The van der Waals surface area contributed by atoms with Crippen molar-refractivity contribution in [3.8, 4) is 0 Å². The van der Waals surface area contributed by atoms with Crippen molar-refractivity contribution in [2.24, 2.45) is 0 Å². The highest BCUT2D eigenvalue weighted by Crippen LogP contribution is 2.36. The molecular formula is C31H29N5O. The van der Waals surface area contributed by atoms with Gasteiger partial charge in [-0.25, -0.2) is 9.97 Å². The Morgan fingerprint density at radius 2 is 1.43 bits per heavy atom. The van der Waals surface area contributed by atoms with Crippen LogP contribution in [0.4, 0.5) is 0 Å². The van der Waals surface area contributed by atoms with Crippen LogP contribution in [0.15, 0.2) is 72.9 Å². The monoisotopic (exact) mass is 487 g/mol. The largest absolute Gasteiger partial charge is 0.381 e. The zero-order chi connectivity index (χ0) is 25.0. The quantitative estimate of drug-likeness (QED) is 0.241. The van der Waals surface area contributed by atoms with E-state index in [1.165, 1.54) is 0 Å². The third-order valence-corrected chi connectivity index (χ3v) is 6.50. The van der Waals surface area contributed by atoms with Crippen molar-refractivity contribution in [3.05, 3.63) is 101 Å². The second-order valence-electron chi connectivity index (χ2n) is 9.28. The van der Waals surface area contributed by atoms with Crippen LogP contribution < -0.4 is 0 Å². The van der Waals surface area contributed by atoms with Crippen LogP contribution in [0.5, 0.6) is 0 Å². The number of nitrogens with zero attached hydrogens (tertiary/aromatic N) is 3. The van der Waals surface area contributed by atoms with Crippen LogP contribution in [0.25, 0.3) is 45.4 Å². The topological polar surface area (TPSA) is 79.5 Å². The first kappa shape index (κ1) is 23.1. The van der Waals surface area contributed by atoms with Crippen molar-refractivity contribution in [2.75, 3.05) is 13.2 Å². The minimum atomic E-state index is 0.635. The summed E-state index contributed by atoms with van der Waals surface area (Å²) < 4.78 is 5.97. The average molecular weight is 488 g/mol. The lowest BCUT2D eigenvalue weighted by Crippen LogP contribution is -1.99. The Kier molecular flexibility index (Phi) is 6.48. The summed E-state index contributed by atoms with van der Waals surface area (Å²) in [4.78, 5) is 21.6. The number of aromatic amines is 2. The van der Waals surface area contributed by atoms with E-state index in [9.17, 15) is 0 Å². The van der Waals surface area contributed by atoms with Gasteiger partial charge in [-0.05, 0) is 91.2 Å². The summed E-state index contributed by atoms with van der Waals surface area (Å²) in [5.41, 5.74) is 10.7. The standard InChI is InChI=1S/C31H29N5O/c1-2-3-15-37-16-13-27-29-19-25-11-9-23(34-25)17-21-7-8-22(33-21)18-24-10-12-26(35-24)20-30(36-29)31(27)28-6-4-5-14-32-28/h4-12,14,17-20,33,35H,2-3,13,15-16H2,1H3. The number of hydrogen-bond acceptors (Lipinski definition) is 4. The van der Waals surface area contributed by atoms with E-state index in [-0.39, 0.29) is 0 Å². The normalized spacial score (nSPS) is 12.9. The molecule has 0 unspecified atom stereocenters. The molecule has 6 heteroatoms. The number of hydrogen-bond donors (Lipinski definition) is 2. The van der Waals surface area contributed by atoms with Gasteiger partial charge < -0.3 is 14.7 Å². The number of fused-ring (bicyclic) bond motifs is 8. The van der Waals surface area contributed by atoms with Gasteiger partial charge in [-0.1, -0.05) is 19.4 Å². The van der Waals surface area contributed by atoms with Crippen LogP contribution in [-0.4, -0.2) is 38.1 Å². The molecule has 0 aliphatic carbocycles. The first-order valence-corrected chi connectivity index (χ1v) is 12.8. The molecule has 2 aliphatic heterocycles. The van der Waals surface area contributed by atoms with Crippen molar-refractivity contribution in [1.82, 2.24) is 24.9 Å². The van der Waals surface area contributed by atoms with E-state index in [1.807, 2.05) is 36.5 Å². The van der Waals surface area contributed by atoms with E-state index in [2.05, 4.69) is 65.4 Å². The summed E-state index contributed by atoms with van der Waals surface area (Å²) in [6, 6.07) is 22.6. The predicted octanol–water partition coefficient (Wildman–Crippen LogP) is 7.05. The minimum absolute atomic E-state index is 0.635. The molecule has 0 saturated heterocycles. The zero-order valence-electron chi connectivity index (χ0n) is 20.9. The molecule has 4 aromatic rings. The summed E-state index contributed by atoms with van der Waals surface area (Å²) in [5, 5.41) is 0. The average Bonchev–Trinajstić information content (AvgIpc) is 3.70. The molecule has 2 aliphatic rings. The van der Waals surface area contributed by atoms with Crippen molar-refractivity contribution in [1.29, 1.82) is 0 Å². The van der Waals surface area contributed by atoms with Gasteiger partial charge >= 0.3 is 0 Å². The predicted molar refractivity (Wildman–Crippen MR) is 150 cm³/mol. The first-order chi connectivity index (χ1) is 18.2. The summed E-state index contributed by atoms with van der Waals surface area (Å²) in [6.45, 7) is 3.58. The van der Waals surface area contributed by atoms with E-state index in [1.54, 1.807) is 0 Å². The van der Waals surface area contributed by atoms with E-state index >= 15 is 0 Å². The fourth-order valence-electron chi connectivity index (χ4n) is 4.70. The Hall–Kier alpha value is -4.29. The second kappa shape index (κ2) is 10.4. The molecule has 2 N–H and O–H groups in total. The molecule has 8 bridgehead atoms. The minimum Gasteiger partial charge on any atom is -0.381 e. The molecule has 0 amide bonds. The summed E-state index contributed by atoms with van der Waals surface area (Å²) in [6.07, 6.45) is 8.84. The molecule has 0 saturated carbocycles. The van der Waals surface area contributed by atoms with Gasteiger partial charge in [0.2, 0.25) is 0 Å². The molecule has 6 nitrogen and oxygen atoms in total. The molecule has 0 spiro atoms. The van der Waals surface area contributed by atoms with Crippen LogP contribution in [-0.2, 0) is 4.74 Å². The SMILES string of the molecule is CCCCOCCC1=C(c2ccccn2)c2cc3ccc(cc4ccc(cc5nc(cc1n2)C=C5)[nH]4)[nH]3. The third kappa shape index (κ3) is 5.15. The third-order valence-electron chi connectivity index (χ3n) is 6.50.